The van der Waals surface area contributed by atoms with Gasteiger partial charge in [-0.15, -0.1) is 0 Å². The normalized spacial score (nSPS) is 18.5. The number of allylic oxidation sites excluding steroid dienone is 3. The zero-order chi connectivity index (χ0) is 15.4. The van der Waals surface area contributed by atoms with E-state index in [9.17, 15) is 9.90 Å². The molecule has 22 heavy (non-hydrogen) atoms. The van der Waals surface area contributed by atoms with E-state index in [0.29, 0.717) is 0 Å². The number of carboxylic acid groups (broad SMARTS) is 1. The maximum Gasteiger partial charge on any atom is 0.314 e. The van der Waals surface area contributed by atoms with Gasteiger partial charge in [-0.2, -0.15) is 0 Å². The van der Waals surface area contributed by atoms with Crippen molar-refractivity contribution in [2.24, 2.45) is 5.92 Å². The average molecular weight is 288 g/mol. The highest BCUT2D eigenvalue weighted by Crippen LogP contribution is 2.24. The van der Waals surface area contributed by atoms with Crippen LogP contribution in [0.25, 0.3) is 17.2 Å². The van der Waals surface area contributed by atoms with E-state index < -0.39 is 11.9 Å². The summed E-state index contributed by atoms with van der Waals surface area (Å²) in [5.74, 6) is -1.40. The molecule has 0 fully saturated rings. The maximum absolute atomic E-state index is 11.3. The largest absolute Gasteiger partial charge is 0.481 e. The lowest BCUT2D eigenvalue weighted by atomic mass is 9.92. The minimum Gasteiger partial charge on any atom is -0.481 e. The summed E-state index contributed by atoms with van der Waals surface area (Å²) in [6.45, 7) is 0. The van der Waals surface area contributed by atoms with Gasteiger partial charge in [0.1, 0.15) is 5.92 Å². The second kappa shape index (κ2) is 6.27. The van der Waals surface area contributed by atoms with Crippen LogP contribution in [0.3, 0.4) is 0 Å². The van der Waals surface area contributed by atoms with Gasteiger partial charge in [0.25, 0.3) is 0 Å². The van der Waals surface area contributed by atoms with Gasteiger partial charge in [0.2, 0.25) is 0 Å². The average Bonchev–Trinajstić information content (AvgIpc) is 2.57. The third-order valence-electron chi connectivity index (χ3n) is 3.68. The fraction of sp³-hybridized carbons (Fsp3) is 0.0500. The molecule has 0 spiro atoms. The number of rotatable bonds is 3. The molecule has 2 heteroatoms. The maximum atomic E-state index is 11.3. The van der Waals surface area contributed by atoms with E-state index in [1.54, 1.807) is 12.2 Å². The van der Waals surface area contributed by atoms with Gasteiger partial charge in [-0.1, -0.05) is 85.0 Å². The van der Waals surface area contributed by atoms with Crippen molar-refractivity contribution in [3.05, 3.63) is 90.0 Å². The van der Waals surface area contributed by atoms with Crippen LogP contribution in [0.5, 0.6) is 0 Å². The number of hydrogen-bond acceptors (Lipinski definition) is 1. The zero-order valence-electron chi connectivity index (χ0n) is 12.0. The van der Waals surface area contributed by atoms with Gasteiger partial charge >= 0.3 is 5.97 Å². The third kappa shape index (κ3) is 3.07. The highest BCUT2D eigenvalue weighted by atomic mass is 16.4. The van der Waals surface area contributed by atoms with E-state index in [1.807, 2.05) is 48.6 Å². The van der Waals surface area contributed by atoms with Crippen molar-refractivity contribution in [1.82, 2.24) is 0 Å². The highest BCUT2D eigenvalue weighted by molar-refractivity contribution is 5.80. The van der Waals surface area contributed by atoms with Gasteiger partial charge in [0.05, 0.1) is 0 Å². The molecule has 3 rings (SSSR count). The third-order valence-corrected chi connectivity index (χ3v) is 3.68. The summed E-state index contributed by atoms with van der Waals surface area (Å²) in [7, 11) is 0. The first-order chi connectivity index (χ1) is 10.7. The van der Waals surface area contributed by atoms with Crippen LogP contribution in [0.15, 0.2) is 84.5 Å². The Kier molecular flexibility index (Phi) is 4.01. The molecule has 2 nitrogen and oxygen atoms in total. The molecular weight excluding hydrogens is 272 g/mol. The van der Waals surface area contributed by atoms with E-state index in [2.05, 4.69) is 24.3 Å². The van der Waals surface area contributed by atoms with Gasteiger partial charge in [-0.05, 0) is 22.3 Å². The smallest absolute Gasteiger partial charge is 0.314 e. The number of benzene rings is 2. The van der Waals surface area contributed by atoms with Crippen LogP contribution in [0, 0.1) is 5.92 Å². The van der Waals surface area contributed by atoms with E-state index in [0.717, 1.165) is 16.7 Å². The Labute approximate surface area is 129 Å². The standard InChI is InChI=1S/C20H16O2/c21-20(22)19-9-5-4-8-18(19)14-15-10-12-17(13-11-15)16-6-2-1-3-7-16/h1-14,19H,(H,21,22). The van der Waals surface area contributed by atoms with Crippen molar-refractivity contribution in [3.8, 4) is 11.1 Å². The van der Waals surface area contributed by atoms with Crippen molar-refractivity contribution >= 4 is 12.0 Å². The van der Waals surface area contributed by atoms with Gasteiger partial charge < -0.3 is 5.11 Å². The topological polar surface area (TPSA) is 37.3 Å². The molecule has 0 heterocycles. The fourth-order valence-electron chi connectivity index (χ4n) is 2.51. The minimum absolute atomic E-state index is 0.571. The molecule has 0 radical (unpaired) electrons. The van der Waals surface area contributed by atoms with Crippen LogP contribution >= 0.6 is 0 Å². The SMILES string of the molecule is O=C(O)C1C=CC=CC1=Cc1ccc(-c2ccccc2)cc1. The van der Waals surface area contributed by atoms with Crippen LogP contribution in [-0.2, 0) is 4.79 Å². The number of aliphatic carboxylic acids is 1. The molecule has 0 bridgehead atoms. The lowest BCUT2D eigenvalue weighted by molar-refractivity contribution is -0.138. The van der Waals surface area contributed by atoms with E-state index in [4.69, 9.17) is 0 Å². The summed E-state index contributed by atoms with van der Waals surface area (Å²) in [5, 5.41) is 9.25. The summed E-state index contributed by atoms with van der Waals surface area (Å²) in [5.41, 5.74) is 4.12. The first-order valence-electron chi connectivity index (χ1n) is 7.19. The Bertz CT molecular complexity index is 750. The van der Waals surface area contributed by atoms with Crippen molar-refractivity contribution in [2.45, 2.75) is 0 Å². The fourth-order valence-corrected chi connectivity index (χ4v) is 2.51. The summed E-state index contributed by atoms with van der Waals surface area (Å²) < 4.78 is 0. The van der Waals surface area contributed by atoms with Gasteiger partial charge in [0.15, 0.2) is 0 Å². The molecule has 2 aromatic rings. The number of hydrogen-bond donors (Lipinski definition) is 1. The summed E-state index contributed by atoms with van der Waals surface area (Å²) in [6.07, 6.45) is 9.11. The van der Waals surface area contributed by atoms with Crippen molar-refractivity contribution in [1.29, 1.82) is 0 Å². The number of carbonyl (C=O) groups is 1. The Morgan fingerprint density at radius 2 is 1.59 bits per heavy atom. The van der Waals surface area contributed by atoms with E-state index in [1.165, 1.54) is 5.56 Å². The summed E-state index contributed by atoms with van der Waals surface area (Å²) in [4.78, 5) is 11.3. The minimum atomic E-state index is -0.826. The Balaban J connectivity index is 1.87. The Hall–Kier alpha value is -2.87. The predicted octanol–water partition coefficient (Wildman–Crippen LogP) is 4.56. The molecule has 2 aromatic carbocycles. The van der Waals surface area contributed by atoms with Crippen LogP contribution in [0.1, 0.15) is 5.56 Å². The molecule has 1 aliphatic rings. The molecule has 1 unspecified atom stereocenters. The van der Waals surface area contributed by atoms with Crippen molar-refractivity contribution in [2.75, 3.05) is 0 Å². The predicted molar refractivity (Wildman–Crippen MR) is 89.3 cm³/mol. The molecule has 0 aromatic heterocycles. The molecule has 1 aliphatic carbocycles. The molecule has 0 aliphatic heterocycles. The summed E-state index contributed by atoms with van der Waals surface area (Å²) in [6, 6.07) is 18.3. The molecule has 1 atom stereocenters. The lowest BCUT2D eigenvalue weighted by Gasteiger charge is -2.12. The first kappa shape index (κ1) is 14.1. The first-order valence-corrected chi connectivity index (χ1v) is 7.19. The lowest BCUT2D eigenvalue weighted by Crippen LogP contribution is -2.14. The molecule has 0 amide bonds. The highest BCUT2D eigenvalue weighted by Gasteiger charge is 2.18. The van der Waals surface area contributed by atoms with E-state index >= 15 is 0 Å². The van der Waals surface area contributed by atoms with Crippen LogP contribution in [0.4, 0.5) is 0 Å². The summed E-state index contributed by atoms with van der Waals surface area (Å²) >= 11 is 0. The molecular formula is C20H16O2. The van der Waals surface area contributed by atoms with Crippen molar-refractivity contribution < 1.29 is 9.90 Å². The van der Waals surface area contributed by atoms with Crippen LogP contribution in [0.2, 0.25) is 0 Å². The van der Waals surface area contributed by atoms with Gasteiger partial charge in [0, 0.05) is 0 Å². The number of carboxylic acids is 1. The van der Waals surface area contributed by atoms with Crippen LogP contribution in [-0.4, -0.2) is 11.1 Å². The Morgan fingerprint density at radius 1 is 0.909 bits per heavy atom. The monoisotopic (exact) mass is 288 g/mol. The van der Waals surface area contributed by atoms with E-state index in [-0.39, 0.29) is 0 Å². The quantitative estimate of drug-likeness (QED) is 0.898. The Morgan fingerprint density at radius 3 is 2.27 bits per heavy atom. The van der Waals surface area contributed by atoms with Crippen LogP contribution < -0.4 is 0 Å². The second-order valence-electron chi connectivity index (χ2n) is 5.19. The van der Waals surface area contributed by atoms with Gasteiger partial charge in [-0.25, -0.2) is 0 Å². The van der Waals surface area contributed by atoms with Gasteiger partial charge in [-0.3, -0.25) is 4.79 Å². The molecule has 1 N–H and O–H groups in total. The molecule has 108 valence electrons. The van der Waals surface area contributed by atoms with Crippen molar-refractivity contribution in [3.63, 3.8) is 0 Å². The zero-order valence-corrected chi connectivity index (χ0v) is 12.0. The molecule has 0 saturated carbocycles. The second-order valence-corrected chi connectivity index (χ2v) is 5.19. The molecule has 0 saturated heterocycles.